The van der Waals surface area contributed by atoms with Crippen molar-refractivity contribution in [2.45, 2.75) is 0 Å². The Balaban J connectivity index is 3.23. The third-order valence-electron chi connectivity index (χ3n) is 2.80. The third-order valence-corrected chi connectivity index (χ3v) is 2.80. The predicted molar refractivity (Wildman–Crippen MR) is 80.7 cm³/mol. The number of rotatable bonds is 6. The largest absolute Gasteiger partial charge is 0.493 e. The van der Waals surface area contributed by atoms with Crippen molar-refractivity contribution in [3.63, 3.8) is 0 Å². The Morgan fingerprint density at radius 1 is 0.955 bits per heavy atom. The molecular weight excluding hydrogens is 288 g/mol. The number of methoxy groups -OCH3 is 4. The van der Waals surface area contributed by atoms with Crippen LogP contribution in [0.4, 0.5) is 0 Å². The van der Waals surface area contributed by atoms with E-state index in [1.165, 1.54) is 46.7 Å². The van der Waals surface area contributed by atoms with E-state index < -0.39 is 11.9 Å². The molecule has 0 fully saturated rings. The van der Waals surface area contributed by atoms with Gasteiger partial charge in [0.05, 0.1) is 34.0 Å². The van der Waals surface area contributed by atoms with Crippen molar-refractivity contribution in [2.75, 3.05) is 28.4 Å². The van der Waals surface area contributed by atoms with Crippen LogP contribution < -0.4 is 9.47 Å². The third kappa shape index (κ3) is 4.37. The van der Waals surface area contributed by atoms with Gasteiger partial charge in [-0.05, 0) is 23.8 Å². The number of hydrogen-bond acceptors (Lipinski definition) is 6. The standard InChI is InChI=1S/C16H18O6/c1-19-13-9-8-11(10-14(13)20-2)12(16(18)22-4)6-5-7-15(17)21-3/h5-10H,1-4H3/b7-5-,12-6+. The van der Waals surface area contributed by atoms with Crippen molar-refractivity contribution in [1.82, 2.24) is 0 Å². The molecule has 1 aromatic carbocycles. The van der Waals surface area contributed by atoms with Crippen LogP contribution in [0.5, 0.6) is 11.5 Å². The second-order valence-corrected chi connectivity index (χ2v) is 4.02. The Hall–Kier alpha value is -2.76. The predicted octanol–water partition coefficient (Wildman–Crippen LogP) is 1.99. The number of hydrogen-bond donors (Lipinski definition) is 0. The highest BCUT2D eigenvalue weighted by molar-refractivity contribution is 6.17. The van der Waals surface area contributed by atoms with Gasteiger partial charge in [-0.2, -0.15) is 0 Å². The summed E-state index contributed by atoms with van der Waals surface area (Å²) in [5.74, 6) is -0.0400. The minimum atomic E-state index is -0.540. The minimum absolute atomic E-state index is 0.267. The Kier molecular flexibility index (Phi) is 6.69. The molecule has 0 radical (unpaired) electrons. The maximum atomic E-state index is 11.9. The molecule has 6 heteroatoms. The first-order valence-electron chi connectivity index (χ1n) is 6.34. The lowest BCUT2D eigenvalue weighted by molar-refractivity contribution is -0.135. The molecule has 6 nitrogen and oxygen atoms in total. The van der Waals surface area contributed by atoms with Gasteiger partial charge in [0.1, 0.15) is 0 Å². The molecule has 118 valence electrons. The maximum Gasteiger partial charge on any atom is 0.338 e. The smallest absolute Gasteiger partial charge is 0.338 e. The van der Waals surface area contributed by atoms with E-state index in [2.05, 4.69) is 4.74 Å². The van der Waals surface area contributed by atoms with Crippen molar-refractivity contribution < 1.29 is 28.5 Å². The summed E-state index contributed by atoms with van der Waals surface area (Å²) < 4.78 is 19.6. The number of ether oxygens (including phenoxy) is 4. The summed E-state index contributed by atoms with van der Waals surface area (Å²) in [6.45, 7) is 0. The van der Waals surface area contributed by atoms with E-state index in [1.807, 2.05) is 0 Å². The Bertz CT molecular complexity index is 601. The van der Waals surface area contributed by atoms with E-state index in [4.69, 9.17) is 14.2 Å². The van der Waals surface area contributed by atoms with Gasteiger partial charge >= 0.3 is 11.9 Å². The zero-order chi connectivity index (χ0) is 16.5. The lowest BCUT2D eigenvalue weighted by Gasteiger charge is -2.10. The van der Waals surface area contributed by atoms with Gasteiger partial charge in [-0.3, -0.25) is 0 Å². The van der Waals surface area contributed by atoms with Crippen LogP contribution in [0.25, 0.3) is 5.57 Å². The van der Waals surface area contributed by atoms with Crippen LogP contribution in [-0.4, -0.2) is 40.4 Å². The summed E-state index contributed by atoms with van der Waals surface area (Å²) in [6.07, 6.45) is 4.07. The highest BCUT2D eigenvalue weighted by Gasteiger charge is 2.14. The van der Waals surface area contributed by atoms with Crippen molar-refractivity contribution in [2.24, 2.45) is 0 Å². The van der Waals surface area contributed by atoms with Crippen LogP contribution in [0.15, 0.2) is 36.4 Å². The molecule has 0 aliphatic rings. The van der Waals surface area contributed by atoms with Crippen LogP contribution >= 0.6 is 0 Å². The van der Waals surface area contributed by atoms with Crippen LogP contribution in [0, 0.1) is 0 Å². The fourth-order valence-corrected chi connectivity index (χ4v) is 1.69. The molecule has 1 rings (SSSR count). The van der Waals surface area contributed by atoms with Gasteiger partial charge in [0, 0.05) is 6.08 Å². The molecule has 0 saturated carbocycles. The van der Waals surface area contributed by atoms with Crippen LogP contribution in [0.3, 0.4) is 0 Å². The molecule has 0 atom stereocenters. The Labute approximate surface area is 128 Å². The molecular formula is C16H18O6. The van der Waals surface area contributed by atoms with Crippen LogP contribution in [-0.2, 0) is 19.1 Å². The summed E-state index contributed by atoms with van der Waals surface area (Å²) in [5.41, 5.74) is 0.836. The van der Waals surface area contributed by atoms with Crippen LogP contribution in [0.1, 0.15) is 5.56 Å². The highest BCUT2D eigenvalue weighted by atomic mass is 16.5. The molecule has 0 unspecified atom stereocenters. The van der Waals surface area contributed by atoms with Gasteiger partial charge in [0.2, 0.25) is 0 Å². The zero-order valence-corrected chi connectivity index (χ0v) is 12.9. The average Bonchev–Trinajstić information content (AvgIpc) is 2.57. The monoisotopic (exact) mass is 306 g/mol. The fraction of sp³-hybridized carbons (Fsp3) is 0.250. The molecule has 0 spiro atoms. The van der Waals surface area contributed by atoms with Gasteiger partial charge in [0.15, 0.2) is 11.5 Å². The number of allylic oxidation sites excluding steroid dienone is 2. The number of carbonyl (C=O) groups is 2. The van der Waals surface area contributed by atoms with E-state index in [9.17, 15) is 9.59 Å². The van der Waals surface area contributed by atoms with Gasteiger partial charge in [-0.1, -0.05) is 12.1 Å². The molecule has 0 aliphatic heterocycles. The minimum Gasteiger partial charge on any atom is -0.493 e. The molecule has 0 saturated heterocycles. The van der Waals surface area contributed by atoms with Crippen LogP contribution in [0.2, 0.25) is 0 Å². The molecule has 0 N–H and O–H groups in total. The summed E-state index contributed by atoms with van der Waals surface area (Å²) in [7, 11) is 5.57. The van der Waals surface area contributed by atoms with Gasteiger partial charge in [-0.25, -0.2) is 9.59 Å². The molecule has 1 aromatic rings. The summed E-state index contributed by atoms with van der Waals surface area (Å²) in [6, 6.07) is 5.01. The summed E-state index contributed by atoms with van der Waals surface area (Å²) in [4.78, 5) is 23.0. The van der Waals surface area contributed by atoms with Crippen molar-refractivity contribution in [3.05, 3.63) is 42.0 Å². The highest BCUT2D eigenvalue weighted by Crippen LogP contribution is 2.30. The molecule has 0 heterocycles. The SMILES string of the molecule is COC(=O)/C=C\C=C(\C(=O)OC)c1ccc(OC)c(OC)c1. The second kappa shape index (κ2) is 8.51. The number of esters is 2. The zero-order valence-electron chi connectivity index (χ0n) is 12.9. The van der Waals surface area contributed by atoms with E-state index in [0.717, 1.165) is 0 Å². The fourth-order valence-electron chi connectivity index (χ4n) is 1.69. The molecule has 22 heavy (non-hydrogen) atoms. The lowest BCUT2D eigenvalue weighted by Crippen LogP contribution is -2.04. The Morgan fingerprint density at radius 2 is 1.64 bits per heavy atom. The van der Waals surface area contributed by atoms with Gasteiger partial charge in [0.25, 0.3) is 0 Å². The normalized spacial score (nSPS) is 11.2. The molecule has 0 amide bonds. The van der Waals surface area contributed by atoms with E-state index in [0.29, 0.717) is 17.1 Å². The molecule has 0 aromatic heterocycles. The van der Waals surface area contributed by atoms with Crippen molar-refractivity contribution >= 4 is 17.5 Å². The topological polar surface area (TPSA) is 71.1 Å². The maximum absolute atomic E-state index is 11.9. The first-order valence-corrected chi connectivity index (χ1v) is 6.34. The van der Waals surface area contributed by atoms with Crippen molar-refractivity contribution in [3.8, 4) is 11.5 Å². The first kappa shape index (κ1) is 17.3. The van der Waals surface area contributed by atoms with E-state index in [1.54, 1.807) is 18.2 Å². The Morgan fingerprint density at radius 3 is 2.18 bits per heavy atom. The molecule has 0 aliphatic carbocycles. The number of benzene rings is 1. The first-order chi connectivity index (χ1) is 10.6. The summed E-state index contributed by atoms with van der Waals surface area (Å²) >= 11 is 0. The second-order valence-electron chi connectivity index (χ2n) is 4.02. The number of carbonyl (C=O) groups excluding carboxylic acids is 2. The lowest BCUT2D eigenvalue weighted by atomic mass is 10.0. The molecule has 0 bridgehead atoms. The quantitative estimate of drug-likeness (QED) is 0.455. The van der Waals surface area contributed by atoms with Gasteiger partial charge < -0.3 is 18.9 Å². The van der Waals surface area contributed by atoms with E-state index >= 15 is 0 Å². The van der Waals surface area contributed by atoms with Gasteiger partial charge in [-0.15, -0.1) is 0 Å². The summed E-state index contributed by atoms with van der Waals surface area (Å²) in [5, 5.41) is 0. The average molecular weight is 306 g/mol. The van der Waals surface area contributed by atoms with E-state index in [-0.39, 0.29) is 5.57 Å². The van der Waals surface area contributed by atoms with Crippen molar-refractivity contribution in [1.29, 1.82) is 0 Å².